The summed E-state index contributed by atoms with van der Waals surface area (Å²) in [5, 5.41) is 9.36. The van der Waals surface area contributed by atoms with Gasteiger partial charge < -0.3 is 9.84 Å². The molecule has 11 heavy (non-hydrogen) atoms. The molecule has 0 heterocycles. The molecular weight excluding hydrogens is 144 g/mol. The van der Waals surface area contributed by atoms with Gasteiger partial charge in [-0.25, -0.2) is 4.79 Å². The van der Waals surface area contributed by atoms with E-state index in [0.717, 1.165) is 12.8 Å². The zero-order chi connectivity index (χ0) is 8.43. The van der Waals surface area contributed by atoms with Crippen LogP contribution in [-0.4, -0.2) is 24.3 Å². The Morgan fingerprint density at radius 1 is 1.73 bits per heavy atom. The molecule has 0 aromatic heterocycles. The smallest absolute Gasteiger partial charge is 0.335 e. The van der Waals surface area contributed by atoms with Crippen LogP contribution in [0, 0.1) is 5.92 Å². The summed E-state index contributed by atoms with van der Waals surface area (Å²) in [6, 6.07) is 0. The number of carbonyl (C=O) groups is 1. The van der Waals surface area contributed by atoms with E-state index in [-0.39, 0.29) is 11.5 Å². The average molecular weight is 156 g/mol. The van der Waals surface area contributed by atoms with Crippen molar-refractivity contribution >= 4 is 5.97 Å². The second-order valence-electron chi connectivity index (χ2n) is 2.80. The van der Waals surface area contributed by atoms with Crippen LogP contribution in [-0.2, 0) is 9.53 Å². The largest absolute Gasteiger partial charge is 0.466 e. The number of aliphatic hydroxyl groups is 1. The lowest BCUT2D eigenvalue weighted by Crippen LogP contribution is -2.19. The van der Waals surface area contributed by atoms with E-state index in [4.69, 9.17) is 0 Å². The Bertz CT molecular complexity index is 182. The van der Waals surface area contributed by atoms with Crippen LogP contribution in [0.3, 0.4) is 0 Å². The summed E-state index contributed by atoms with van der Waals surface area (Å²) in [4.78, 5) is 10.8. The van der Waals surface area contributed by atoms with Gasteiger partial charge in [0.25, 0.3) is 0 Å². The fourth-order valence-electron chi connectivity index (χ4n) is 0.948. The van der Waals surface area contributed by atoms with Gasteiger partial charge in [-0.3, -0.25) is 0 Å². The van der Waals surface area contributed by atoms with E-state index in [9.17, 15) is 9.90 Å². The molecule has 1 aliphatic rings. The fraction of sp³-hybridized carbons (Fsp3) is 0.625. The van der Waals surface area contributed by atoms with E-state index in [1.54, 1.807) is 0 Å². The van der Waals surface area contributed by atoms with Crippen LogP contribution in [0.2, 0.25) is 0 Å². The van der Waals surface area contributed by atoms with Crippen molar-refractivity contribution < 1.29 is 14.6 Å². The normalized spacial score (nSPS) is 19.1. The average Bonchev–Trinajstić information content (AvgIpc) is 2.82. The van der Waals surface area contributed by atoms with E-state index < -0.39 is 12.1 Å². The number of aliphatic hydroxyl groups excluding tert-OH is 1. The highest BCUT2D eigenvalue weighted by molar-refractivity contribution is 5.88. The van der Waals surface area contributed by atoms with Gasteiger partial charge in [0.1, 0.15) is 0 Å². The topological polar surface area (TPSA) is 46.5 Å². The number of esters is 1. The molecule has 0 aliphatic heterocycles. The van der Waals surface area contributed by atoms with Crippen LogP contribution < -0.4 is 0 Å². The van der Waals surface area contributed by atoms with Crippen molar-refractivity contribution in [2.24, 2.45) is 5.92 Å². The summed E-state index contributed by atoms with van der Waals surface area (Å²) in [5.41, 5.74) is 0.176. The van der Waals surface area contributed by atoms with Crippen LogP contribution in [0.25, 0.3) is 0 Å². The first kappa shape index (κ1) is 8.27. The predicted molar refractivity (Wildman–Crippen MR) is 39.9 cm³/mol. The molecule has 62 valence electrons. The van der Waals surface area contributed by atoms with Gasteiger partial charge in [-0.15, -0.1) is 0 Å². The van der Waals surface area contributed by atoms with Crippen molar-refractivity contribution in [1.29, 1.82) is 0 Å². The second-order valence-corrected chi connectivity index (χ2v) is 2.80. The molecule has 0 saturated heterocycles. The summed E-state index contributed by atoms with van der Waals surface area (Å²) in [6.07, 6.45) is 1.27. The zero-order valence-corrected chi connectivity index (χ0v) is 6.54. The molecule has 0 bridgehead atoms. The highest BCUT2D eigenvalue weighted by Gasteiger charge is 2.33. The summed E-state index contributed by atoms with van der Waals surface area (Å²) in [5.74, 6) is -0.272. The quantitative estimate of drug-likeness (QED) is 0.477. The zero-order valence-electron chi connectivity index (χ0n) is 6.54. The molecule has 1 fully saturated rings. The molecule has 1 saturated carbocycles. The van der Waals surface area contributed by atoms with Gasteiger partial charge in [0.15, 0.2) is 0 Å². The third-order valence-electron chi connectivity index (χ3n) is 1.87. The molecule has 0 aromatic rings. The predicted octanol–water partition coefficient (Wildman–Crippen LogP) is 0.486. The Hall–Kier alpha value is -0.830. The maximum atomic E-state index is 10.8. The minimum absolute atomic E-state index is 0.176. The number of ether oxygens (including phenoxy) is 1. The number of carbonyl (C=O) groups excluding carboxylic acids is 1. The molecule has 1 aliphatic carbocycles. The monoisotopic (exact) mass is 156 g/mol. The molecule has 1 unspecified atom stereocenters. The number of methoxy groups -OCH3 is 1. The Labute approximate surface area is 65.7 Å². The second kappa shape index (κ2) is 3.05. The Balaban J connectivity index is 2.45. The van der Waals surface area contributed by atoms with Gasteiger partial charge in [-0.2, -0.15) is 0 Å². The summed E-state index contributed by atoms with van der Waals surface area (Å²) in [6.45, 7) is 3.46. The maximum absolute atomic E-state index is 10.8. The minimum Gasteiger partial charge on any atom is -0.466 e. The standard InChI is InChI=1S/C8H12O3/c1-5(8(10)11-2)7(9)6-3-4-6/h6-7,9H,1,3-4H2,2H3. The van der Waals surface area contributed by atoms with E-state index in [2.05, 4.69) is 11.3 Å². The van der Waals surface area contributed by atoms with Crippen molar-refractivity contribution in [3.05, 3.63) is 12.2 Å². The molecule has 0 spiro atoms. The Morgan fingerprint density at radius 3 is 2.64 bits per heavy atom. The SMILES string of the molecule is C=C(C(=O)OC)C(O)C1CC1. The van der Waals surface area contributed by atoms with Crippen molar-refractivity contribution in [1.82, 2.24) is 0 Å². The van der Waals surface area contributed by atoms with Crippen LogP contribution in [0.5, 0.6) is 0 Å². The van der Waals surface area contributed by atoms with Gasteiger partial charge in [0.2, 0.25) is 0 Å². The number of hydrogen-bond acceptors (Lipinski definition) is 3. The molecule has 3 heteroatoms. The van der Waals surface area contributed by atoms with Gasteiger partial charge in [0.05, 0.1) is 18.8 Å². The fourth-order valence-corrected chi connectivity index (χ4v) is 0.948. The third kappa shape index (κ3) is 1.80. The molecule has 1 N–H and O–H groups in total. The van der Waals surface area contributed by atoms with Crippen LogP contribution in [0.15, 0.2) is 12.2 Å². The summed E-state index contributed by atoms with van der Waals surface area (Å²) < 4.78 is 4.41. The van der Waals surface area contributed by atoms with Crippen LogP contribution in [0.4, 0.5) is 0 Å². The molecule has 0 aromatic carbocycles. The molecule has 0 amide bonds. The van der Waals surface area contributed by atoms with Crippen LogP contribution >= 0.6 is 0 Å². The molecule has 0 radical (unpaired) electrons. The minimum atomic E-state index is -0.692. The first-order valence-electron chi connectivity index (χ1n) is 3.62. The first-order valence-corrected chi connectivity index (χ1v) is 3.62. The van der Waals surface area contributed by atoms with Crippen molar-refractivity contribution in [2.75, 3.05) is 7.11 Å². The van der Waals surface area contributed by atoms with Gasteiger partial charge in [0, 0.05) is 0 Å². The van der Waals surface area contributed by atoms with Crippen molar-refractivity contribution in [3.8, 4) is 0 Å². The van der Waals surface area contributed by atoms with E-state index in [0.29, 0.717) is 0 Å². The molecule has 1 atom stereocenters. The summed E-state index contributed by atoms with van der Waals surface area (Å²) in [7, 11) is 1.28. The molecular formula is C8H12O3. The highest BCUT2D eigenvalue weighted by Crippen LogP contribution is 2.35. The Kier molecular flexibility index (Phi) is 2.29. The molecule has 1 rings (SSSR count). The van der Waals surface area contributed by atoms with Crippen molar-refractivity contribution in [2.45, 2.75) is 18.9 Å². The lowest BCUT2D eigenvalue weighted by molar-refractivity contribution is -0.137. The van der Waals surface area contributed by atoms with Gasteiger partial charge in [-0.05, 0) is 18.8 Å². The van der Waals surface area contributed by atoms with E-state index in [1.807, 2.05) is 0 Å². The maximum Gasteiger partial charge on any atom is 0.335 e. The van der Waals surface area contributed by atoms with Gasteiger partial charge in [-0.1, -0.05) is 6.58 Å². The first-order chi connectivity index (χ1) is 5.16. The van der Waals surface area contributed by atoms with Gasteiger partial charge >= 0.3 is 5.97 Å². The number of hydrogen-bond donors (Lipinski definition) is 1. The summed E-state index contributed by atoms with van der Waals surface area (Å²) >= 11 is 0. The lowest BCUT2D eigenvalue weighted by Gasteiger charge is -2.09. The molecule has 3 nitrogen and oxygen atoms in total. The van der Waals surface area contributed by atoms with Crippen LogP contribution in [0.1, 0.15) is 12.8 Å². The van der Waals surface area contributed by atoms with E-state index >= 15 is 0 Å². The van der Waals surface area contributed by atoms with E-state index in [1.165, 1.54) is 7.11 Å². The highest BCUT2D eigenvalue weighted by atomic mass is 16.5. The third-order valence-corrected chi connectivity index (χ3v) is 1.87. The van der Waals surface area contributed by atoms with Crippen molar-refractivity contribution in [3.63, 3.8) is 0 Å². The Morgan fingerprint density at radius 2 is 2.27 bits per heavy atom. The lowest BCUT2D eigenvalue weighted by atomic mass is 10.1. The number of rotatable bonds is 3.